The highest BCUT2D eigenvalue weighted by Gasteiger charge is 2.00. The van der Waals surface area contributed by atoms with Crippen molar-refractivity contribution in [2.45, 2.75) is 0 Å². The van der Waals surface area contributed by atoms with E-state index in [0.29, 0.717) is 6.01 Å². The molecule has 14 heavy (non-hydrogen) atoms. The van der Waals surface area contributed by atoms with Gasteiger partial charge in [-0.25, -0.2) is 4.98 Å². The molecule has 2 aromatic rings. The van der Waals surface area contributed by atoms with E-state index in [1.165, 1.54) is 0 Å². The van der Waals surface area contributed by atoms with Crippen molar-refractivity contribution in [3.8, 4) is 11.8 Å². The minimum Gasteiger partial charge on any atom is -0.426 e. The minimum atomic E-state index is 0.471. The van der Waals surface area contributed by atoms with Gasteiger partial charge in [-0.1, -0.05) is 15.9 Å². The Balaban J connectivity index is 2.15. The summed E-state index contributed by atoms with van der Waals surface area (Å²) in [6.45, 7) is 0. The second-order valence-corrected chi connectivity index (χ2v) is 4.36. The predicted molar refractivity (Wildman–Crippen MR) is 60.5 cm³/mol. The molecule has 0 aliphatic carbocycles. The first-order valence-corrected chi connectivity index (χ1v) is 5.46. The van der Waals surface area contributed by atoms with Crippen LogP contribution in [0.4, 0.5) is 0 Å². The van der Waals surface area contributed by atoms with Crippen molar-refractivity contribution in [1.29, 1.82) is 0 Å². The molecule has 0 amide bonds. The summed E-state index contributed by atoms with van der Waals surface area (Å²) < 4.78 is 7.25. The lowest BCUT2D eigenvalue weighted by Gasteiger charge is -2.00. The summed E-state index contributed by atoms with van der Waals surface area (Å²) in [6, 6.07) is 8.01. The maximum absolute atomic E-state index is 5.44. The highest BCUT2D eigenvalue weighted by molar-refractivity contribution is 9.10. The lowest BCUT2D eigenvalue weighted by Crippen LogP contribution is -1.85. The lowest BCUT2D eigenvalue weighted by molar-refractivity contribution is 0.447. The van der Waals surface area contributed by atoms with Crippen molar-refractivity contribution in [3.63, 3.8) is 0 Å². The third-order valence-corrected chi connectivity index (χ3v) is 2.48. The predicted octanol–water partition coefficient (Wildman–Crippen LogP) is 3.73. The van der Waals surface area contributed by atoms with Crippen LogP contribution < -0.4 is 4.74 Å². The number of nitrogens with one attached hydrogen (secondary N) is 1. The van der Waals surface area contributed by atoms with E-state index in [0.717, 1.165) is 14.8 Å². The third-order valence-electron chi connectivity index (χ3n) is 1.55. The van der Waals surface area contributed by atoms with E-state index in [4.69, 9.17) is 4.74 Å². The zero-order chi connectivity index (χ0) is 9.97. The second-order valence-electron chi connectivity index (χ2n) is 2.59. The van der Waals surface area contributed by atoms with Gasteiger partial charge in [0.25, 0.3) is 6.01 Å². The Hall–Kier alpha value is -0.810. The Bertz CT molecular complexity index is 425. The fraction of sp³-hybridized carbons (Fsp3) is 0. The SMILES string of the molecule is Brc1ccc(Oc2ncc(Br)[nH]2)cc1. The van der Waals surface area contributed by atoms with E-state index in [2.05, 4.69) is 41.8 Å². The molecule has 0 saturated carbocycles. The molecule has 72 valence electrons. The van der Waals surface area contributed by atoms with Gasteiger partial charge < -0.3 is 9.72 Å². The van der Waals surface area contributed by atoms with Crippen LogP contribution in [0.3, 0.4) is 0 Å². The van der Waals surface area contributed by atoms with Gasteiger partial charge in [0.05, 0.1) is 6.20 Å². The quantitative estimate of drug-likeness (QED) is 0.916. The first-order valence-electron chi connectivity index (χ1n) is 3.88. The smallest absolute Gasteiger partial charge is 0.299 e. The summed E-state index contributed by atoms with van der Waals surface area (Å²) in [5.41, 5.74) is 0. The Morgan fingerprint density at radius 2 is 1.86 bits per heavy atom. The number of imidazole rings is 1. The van der Waals surface area contributed by atoms with Crippen LogP contribution in [-0.4, -0.2) is 9.97 Å². The Morgan fingerprint density at radius 3 is 2.43 bits per heavy atom. The van der Waals surface area contributed by atoms with E-state index >= 15 is 0 Å². The molecule has 0 atom stereocenters. The summed E-state index contributed by atoms with van der Waals surface area (Å²) in [5.74, 6) is 0.745. The monoisotopic (exact) mass is 316 g/mol. The molecule has 1 aromatic carbocycles. The van der Waals surface area contributed by atoms with Gasteiger partial charge in [-0.2, -0.15) is 0 Å². The lowest BCUT2D eigenvalue weighted by atomic mass is 10.3. The number of ether oxygens (including phenoxy) is 1. The molecule has 0 radical (unpaired) electrons. The molecule has 1 N–H and O–H groups in total. The van der Waals surface area contributed by atoms with E-state index in [1.807, 2.05) is 24.3 Å². The number of hydrogen-bond acceptors (Lipinski definition) is 2. The first-order chi connectivity index (χ1) is 6.74. The third kappa shape index (κ3) is 2.36. The van der Waals surface area contributed by atoms with Crippen LogP contribution in [0.2, 0.25) is 0 Å². The first kappa shape index (κ1) is 9.73. The van der Waals surface area contributed by atoms with Gasteiger partial charge in [0.15, 0.2) is 0 Å². The van der Waals surface area contributed by atoms with Crippen molar-refractivity contribution in [2.24, 2.45) is 0 Å². The van der Waals surface area contributed by atoms with Crippen LogP contribution in [0.15, 0.2) is 39.5 Å². The van der Waals surface area contributed by atoms with Gasteiger partial charge in [-0.05, 0) is 40.2 Å². The number of aromatic nitrogens is 2. The van der Waals surface area contributed by atoms with Gasteiger partial charge in [0, 0.05) is 4.47 Å². The summed E-state index contributed by atoms with van der Waals surface area (Å²) in [6.07, 6.45) is 1.65. The Labute approximate surface area is 97.8 Å². The summed E-state index contributed by atoms with van der Waals surface area (Å²) in [7, 11) is 0. The van der Waals surface area contributed by atoms with Crippen LogP contribution in [0.25, 0.3) is 0 Å². The number of halogens is 2. The van der Waals surface area contributed by atoms with Crippen molar-refractivity contribution in [2.75, 3.05) is 0 Å². The van der Waals surface area contributed by atoms with E-state index in [9.17, 15) is 0 Å². The van der Waals surface area contributed by atoms with Gasteiger partial charge >= 0.3 is 0 Å². The minimum absolute atomic E-state index is 0.471. The van der Waals surface area contributed by atoms with Crippen LogP contribution in [0.1, 0.15) is 0 Å². The highest BCUT2D eigenvalue weighted by atomic mass is 79.9. The number of aromatic amines is 1. The van der Waals surface area contributed by atoms with E-state index in [1.54, 1.807) is 6.20 Å². The van der Waals surface area contributed by atoms with Crippen LogP contribution in [0.5, 0.6) is 11.8 Å². The zero-order valence-corrected chi connectivity index (χ0v) is 10.2. The molecule has 1 heterocycles. The van der Waals surface area contributed by atoms with Gasteiger partial charge in [-0.3, -0.25) is 0 Å². The average Bonchev–Trinajstić information content (AvgIpc) is 2.56. The van der Waals surface area contributed by atoms with E-state index in [-0.39, 0.29) is 0 Å². The number of hydrogen-bond donors (Lipinski definition) is 1. The molecule has 0 fully saturated rings. The Morgan fingerprint density at radius 1 is 1.14 bits per heavy atom. The molecule has 0 aliphatic rings. The maximum Gasteiger partial charge on any atom is 0.299 e. The molecule has 0 bridgehead atoms. The van der Waals surface area contributed by atoms with Crippen molar-refractivity contribution >= 4 is 31.9 Å². The molecule has 0 spiro atoms. The van der Waals surface area contributed by atoms with Crippen LogP contribution >= 0.6 is 31.9 Å². The molecule has 0 unspecified atom stereocenters. The topological polar surface area (TPSA) is 37.9 Å². The molecule has 3 nitrogen and oxygen atoms in total. The second kappa shape index (κ2) is 4.14. The molecule has 5 heteroatoms. The van der Waals surface area contributed by atoms with Gasteiger partial charge in [0.1, 0.15) is 10.4 Å². The number of benzene rings is 1. The summed E-state index contributed by atoms with van der Waals surface area (Å²) in [5, 5.41) is 0. The normalized spacial score (nSPS) is 10.1. The fourth-order valence-corrected chi connectivity index (χ4v) is 1.48. The molecule has 2 rings (SSSR count). The summed E-state index contributed by atoms with van der Waals surface area (Å²) in [4.78, 5) is 6.91. The maximum atomic E-state index is 5.44. The zero-order valence-electron chi connectivity index (χ0n) is 7.00. The molecular weight excluding hydrogens is 312 g/mol. The fourth-order valence-electron chi connectivity index (χ4n) is 0.948. The van der Waals surface area contributed by atoms with Crippen LogP contribution in [0, 0.1) is 0 Å². The molecular formula is C9H6Br2N2O. The number of nitrogens with zero attached hydrogens (tertiary/aromatic N) is 1. The van der Waals surface area contributed by atoms with Crippen LogP contribution in [-0.2, 0) is 0 Å². The molecule has 1 aromatic heterocycles. The van der Waals surface area contributed by atoms with Gasteiger partial charge in [0.2, 0.25) is 0 Å². The average molecular weight is 318 g/mol. The number of rotatable bonds is 2. The molecule has 0 saturated heterocycles. The van der Waals surface area contributed by atoms with Crippen molar-refractivity contribution in [1.82, 2.24) is 9.97 Å². The van der Waals surface area contributed by atoms with Crippen molar-refractivity contribution in [3.05, 3.63) is 39.5 Å². The molecule has 0 aliphatic heterocycles. The highest BCUT2D eigenvalue weighted by Crippen LogP contribution is 2.21. The van der Waals surface area contributed by atoms with Gasteiger partial charge in [-0.15, -0.1) is 0 Å². The largest absolute Gasteiger partial charge is 0.426 e. The standard InChI is InChI=1S/C9H6Br2N2O/c10-6-1-3-7(4-2-6)14-9-12-5-8(11)13-9/h1-5H,(H,12,13). The summed E-state index contributed by atoms with van der Waals surface area (Å²) >= 11 is 6.60. The van der Waals surface area contributed by atoms with Crippen molar-refractivity contribution < 1.29 is 4.74 Å². The number of H-pyrrole nitrogens is 1. The van der Waals surface area contributed by atoms with E-state index < -0.39 is 0 Å². The Kier molecular flexibility index (Phi) is 2.88.